The van der Waals surface area contributed by atoms with Crippen LogP contribution < -0.4 is 11.0 Å². The number of H-pyrrole nitrogens is 1. The summed E-state index contributed by atoms with van der Waals surface area (Å²) >= 11 is 0. The number of benzene rings is 1. The van der Waals surface area contributed by atoms with Crippen LogP contribution in [0.25, 0.3) is 22.1 Å². The lowest BCUT2D eigenvalue weighted by Crippen LogP contribution is -2.40. The number of rotatable bonds is 3. The number of para-hydroxylation sites is 1. The molecule has 1 fully saturated rings. The first-order valence-corrected chi connectivity index (χ1v) is 8.45. The maximum absolute atomic E-state index is 12.2. The second kappa shape index (κ2) is 5.44. The number of anilines is 1. The Morgan fingerprint density at radius 1 is 1.08 bits per heavy atom. The number of imidazole rings is 1. The zero-order chi connectivity index (χ0) is 16.8. The third-order valence-corrected chi connectivity index (χ3v) is 4.90. The number of aromatic nitrogens is 4. The lowest BCUT2D eigenvalue weighted by molar-refractivity contribution is 0.282. The summed E-state index contributed by atoms with van der Waals surface area (Å²) in [7, 11) is 0. The molecule has 1 saturated carbocycles. The van der Waals surface area contributed by atoms with Crippen molar-refractivity contribution in [2.45, 2.75) is 24.9 Å². The maximum Gasteiger partial charge on any atom is 0.327 e. The monoisotopic (exact) mass is 331 g/mol. The molecule has 0 bridgehead atoms. The molecule has 0 unspecified atom stereocenters. The topological polar surface area (TPSA) is 75.6 Å². The molecule has 0 radical (unpaired) electrons. The highest BCUT2D eigenvalue weighted by atomic mass is 16.1. The van der Waals surface area contributed by atoms with E-state index in [1.807, 2.05) is 36.4 Å². The Morgan fingerprint density at radius 3 is 2.88 bits per heavy atom. The van der Waals surface area contributed by atoms with E-state index in [0.29, 0.717) is 6.04 Å². The predicted molar refractivity (Wildman–Crippen MR) is 97.8 cm³/mol. The minimum atomic E-state index is -0.0824. The SMILES string of the molecule is O=c1[nH]c2cccnc2n1C1CC(Nc2ccc3ccccc3n2)C1. The van der Waals surface area contributed by atoms with Crippen molar-refractivity contribution in [3.8, 4) is 0 Å². The van der Waals surface area contributed by atoms with E-state index in [1.54, 1.807) is 10.8 Å². The van der Waals surface area contributed by atoms with Gasteiger partial charge in [-0.25, -0.2) is 14.8 Å². The third-order valence-electron chi connectivity index (χ3n) is 4.90. The first kappa shape index (κ1) is 14.2. The second-order valence-corrected chi connectivity index (χ2v) is 6.53. The Morgan fingerprint density at radius 2 is 1.96 bits per heavy atom. The summed E-state index contributed by atoms with van der Waals surface area (Å²) in [6.45, 7) is 0. The Balaban J connectivity index is 1.34. The van der Waals surface area contributed by atoms with Crippen molar-refractivity contribution >= 4 is 27.9 Å². The zero-order valence-corrected chi connectivity index (χ0v) is 13.5. The molecule has 1 aliphatic carbocycles. The van der Waals surface area contributed by atoms with Crippen LogP contribution in [0.3, 0.4) is 0 Å². The van der Waals surface area contributed by atoms with Crippen molar-refractivity contribution in [2.75, 3.05) is 5.32 Å². The highest BCUT2D eigenvalue weighted by molar-refractivity contribution is 5.80. The van der Waals surface area contributed by atoms with Crippen LogP contribution in [0, 0.1) is 0 Å². The highest BCUT2D eigenvalue weighted by Gasteiger charge is 2.33. The quantitative estimate of drug-likeness (QED) is 0.605. The van der Waals surface area contributed by atoms with Gasteiger partial charge in [0.05, 0.1) is 11.0 Å². The molecular formula is C19H17N5O. The zero-order valence-electron chi connectivity index (χ0n) is 13.5. The highest BCUT2D eigenvalue weighted by Crippen LogP contribution is 2.34. The molecule has 0 atom stereocenters. The van der Waals surface area contributed by atoms with Gasteiger partial charge in [-0.1, -0.05) is 18.2 Å². The van der Waals surface area contributed by atoms with Gasteiger partial charge < -0.3 is 10.3 Å². The first-order chi connectivity index (χ1) is 12.3. The number of aromatic amines is 1. The fraction of sp³-hybridized carbons (Fsp3) is 0.211. The van der Waals surface area contributed by atoms with E-state index < -0.39 is 0 Å². The Hall–Kier alpha value is -3.15. The number of hydrogen-bond acceptors (Lipinski definition) is 4. The number of nitrogens with zero attached hydrogens (tertiary/aromatic N) is 3. The van der Waals surface area contributed by atoms with E-state index in [1.165, 1.54) is 0 Å². The predicted octanol–water partition coefficient (Wildman–Crippen LogP) is 3.09. The summed E-state index contributed by atoms with van der Waals surface area (Å²) in [6.07, 6.45) is 3.50. The van der Waals surface area contributed by atoms with E-state index >= 15 is 0 Å². The molecular weight excluding hydrogens is 314 g/mol. The van der Waals surface area contributed by atoms with Crippen molar-refractivity contribution in [2.24, 2.45) is 0 Å². The van der Waals surface area contributed by atoms with Crippen LogP contribution >= 0.6 is 0 Å². The van der Waals surface area contributed by atoms with Crippen LogP contribution in [0.4, 0.5) is 5.82 Å². The van der Waals surface area contributed by atoms with E-state index in [9.17, 15) is 4.79 Å². The van der Waals surface area contributed by atoms with E-state index in [0.717, 1.165) is 40.7 Å². The lowest BCUT2D eigenvalue weighted by Gasteiger charge is -2.36. The van der Waals surface area contributed by atoms with Crippen LogP contribution in [0.2, 0.25) is 0 Å². The van der Waals surface area contributed by atoms with Gasteiger partial charge in [0.2, 0.25) is 0 Å². The smallest absolute Gasteiger partial charge is 0.327 e. The van der Waals surface area contributed by atoms with E-state index in [2.05, 4.69) is 32.4 Å². The normalized spacial score (nSPS) is 19.8. The molecule has 4 aromatic rings. The third kappa shape index (κ3) is 2.38. The summed E-state index contributed by atoms with van der Waals surface area (Å²) in [4.78, 5) is 24.1. The average Bonchev–Trinajstić information content (AvgIpc) is 2.93. The lowest BCUT2D eigenvalue weighted by atomic mass is 9.86. The largest absolute Gasteiger partial charge is 0.367 e. The average molecular weight is 331 g/mol. The Kier molecular flexibility index (Phi) is 3.09. The molecule has 5 rings (SSSR count). The van der Waals surface area contributed by atoms with Crippen molar-refractivity contribution < 1.29 is 0 Å². The summed E-state index contributed by atoms with van der Waals surface area (Å²) in [5.74, 6) is 0.881. The van der Waals surface area contributed by atoms with Gasteiger partial charge >= 0.3 is 5.69 Å². The summed E-state index contributed by atoms with van der Waals surface area (Å²) in [6, 6.07) is 16.4. The molecule has 6 heteroatoms. The van der Waals surface area contributed by atoms with Crippen LogP contribution in [0.1, 0.15) is 18.9 Å². The molecule has 1 aromatic carbocycles. The fourth-order valence-corrected chi connectivity index (χ4v) is 3.57. The molecule has 25 heavy (non-hydrogen) atoms. The number of nitrogens with one attached hydrogen (secondary N) is 2. The van der Waals surface area contributed by atoms with E-state index in [-0.39, 0.29) is 11.7 Å². The first-order valence-electron chi connectivity index (χ1n) is 8.45. The van der Waals surface area contributed by atoms with Gasteiger partial charge in [-0.2, -0.15) is 0 Å². The molecule has 0 aliphatic heterocycles. The fourth-order valence-electron chi connectivity index (χ4n) is 3.57. The van der Waals surface area contributed by atoms with Gasteiger partial charge in [0.15, 0.2) is 5.65 Å². The summed E-state index contributed by atoms with van der Waals surface area (Å²) in [5, 5.41) is 4.61. The number of fused-ring (bicyclic) bond motifs is 2. The van der Waals surface area contributed by atoms with Gasteiger partial charge in [0, 0.05) is 23.7 Å². The molecule has 3 heterocycles. The summed E-state index contributed by atoms with van der Waals surface area (Å²) in [5.41, 5.74) is 2.43. The van der Waals surface area contributed by atoms with Gasteiger partial charge in [0.1, 0.15) is 5.82 Å². The van der Waals surface area contributed by atoms with E-state index in [4.69, 9.17) is 0 Å². The van der Waals surface area contributed by atoms with Gasteiger partial charge in [-0.15, -0.1) is 0 Å². The van der Waals surface area contributed by atoms with Gasteiger partial charge in [0.25, 0.3) is 0 Å². The summed E-state index contributed by atoms with van der Waals surface area (Å²) < 4.78 is 1.78. The molecule has 2 N–H and O–H groups in total. The second-order valence-electron chi connectivity index (χ2n) is 6.53. The van der Waals surface area contributed by atoms with Crippen LogP contribution in [0.15, 0.2) is 59.5 Å². The minimum Gasteiger partial charge on any atom is -0.367 e. The Labute approximate surface area is 143 Å². The van der Waals surface area contributed by atoms with Crippen molar-refractivity contribution in [3.05, 3.63) is 65.2 Å². The van der Waals surface area contributed by atoms with Crippen molar-refractivity contribution in [3.63, 3.8) is 0 Å². The van der Waals surface area contributed by atoms with Gasteiger partial charge in [-0.05, 0) is 43.2 Å². The number of pyridine rings is 2. The van der Waals surface area contributed by atoms with Crippen LogP contribution in [-0.4, -0.2) is 25.6 Å². The van der Waals surface area contributed by atoms with Crippen LogP contribution in [0.5, 0.6) is 0 Å². The molecule has 1 aliphatic rings. The van der Waals surface area contributed by atoms with Crippen LogP contribution in [-0.2, 0) is 0 Å². The minimum absolute atomic E-state index is 0.0824. The van der Waals surface area contributed by atoms with Gasteiger partial charge in [-0.3, -0.25) is 4.57 Å². The number of hydrogen-bond donors (Lipinski definition) is 2. The molecule has 124 valence electrons. The maximum atomic E-state index is 12.2. The Bertz CT molecular complexity index is 1120. The molecule has 6 nitrogen and oxygen atoms in total. The van der Waals surface area contributed by atoms with Crippen molar-refractivity contribution in [1.29, 1.82) is 0 Å². The molecule has 0 amide bonds. The van der Waals surface area contributed by atoms with Crippen molar-refractivity contribution in [1.82, 2.24) is 19.5 Å². The molecule has 0 spiro atoms. The molecule has 0 saturated heterocycles. The molecule has 3 aromatic heterocycles. The standard InChI is InChI=1S/C19H17N5O/c25-19-23-16-6-3-9-20-18(16)24(19)14-10-13(11-14)21-17-8-7-12-4-1-2-5-15(12)22-17/h1-9,13-14H,10-11H2,(H,21,22)(H,23,25).